The summed E-state index contributed by atoms with van der Waals surface area (Å²) >= 11 is 0. The molecule has 1 N–H and O–H groups in total. The lowest BCUT2D eigenvalue weighted by Gasteiger charge is -2.17. The number of aliphatic hydroxyl groups is 1. The lowest BCUT2D eigenvalue weighted by molar-refractivity contribution is -0.125. The van der Waals surface area contributed by atoms with E-state index in [9.17, 15) is 4.79 Å². The summed E-state index contributed by atoms with van der Waals surface area (Å²) in [6.45, 7) is 2.98. The summed E-state index contributed by atoms with van der Waals surface area (Å²) in [5.41, 5.74) is 0. The fraction of sp³-hybridized carbons (Fsp3) is 0.667. The van der Waals surface area contributed by atoms with Crippen molar-refractivity contribution in [3.05, 3.63) is 0 Å². The highest BCUT2D eigenvalue weighted by Crippen LogP contribution is 1.94. The molecule has 0 aromatic rings. The van der Waals surface area contributed by atoms with Crippen LogP contribution in [-0.4, -0.2) is 35.6 Å². The van der Waals surface area contributed by atoms with Crippen LogP contribution in [0, 0.1) is 12.3 Å². The fourth-order valence-corrected chi connectivity index (χ4v) is 0.876. The van der Waals surface area contributed by atoms with Crippen LogP contribution >= 0.6 is 0 Å². The molecule has 0 saturated carbocycles. The predicted molar refractivity (Wildman–Crippen MR) is 47.4 cm³/mol. The molecule has 68 valence electrons. The third-order valence-corrected chi connectivity index (χ3v) is 1.56. The Hall–Kier alpha value is -1.01. The summed E-state index contributed by atoms with van der Waals surface area (Å²) in [5, 5.41) is 8.62. The maximum absolute atomic E-state index is 11.0. The number of hydrogen-bond acceptors (Lipinski definition) is 2. The first-order chi connectivity index (χ1) is 5.76. The van der Waals surface area contributed by atoms with Crippen LogP contribution in [0.5, 0.6) is 0 Å². The molecule has 0 radical (unpaired) electrons. The molecule has 0 aliphatic carbocycles. The molecule has 0 aromatic heterocycles. The summed E-state index contributed by atoms with van der Waals surface area (Å²) in [6, 6.07) is 0. The van der Waals surface area contributed by atoms with Gasteiger partial charge in [0.05, 0.1) is 6.61 Å². The van der Waals surface area contributed by atoms with Gasteiger partial charge in [-0.3, -0.25) is 4.79 Å². The number of carbonyl (C=O) groups is 1. The van der Waals surface area contributed by atoms with E-state index in [-0.39, 0.29) is 12.5 Å². The molecule has 12 heavy (non-hydrogen) atoms. The number of nitrogens with zero attached hydrogens (tertiary/aromatic N) is 1. The van der Waals surface area contributed by atoms with Crippen molar-refractivity contribution in [1.82, 2.24) is 4.90 Å². The van der Waals surface area contributed by atoms with Gasteiger partial charge in [0.15, 0.2) is 0 Å². The van der Waals surface area contributed by atoms with Crippen molar-refractivity contribution < 1.29 is 9.90 Å². The van der Waals surface area contributed by atoms with Gasteiger partial charge in [-0.05, 0) is 12.3 Å². The topological polar surface area (TPSA) is 40.5 Å². The fourth-order valence-electron chi connectivity index (χ4n) is 0.876. The highest BCUT2D eigenvalue weighted by Gasteiger charge is 2.08. The van der Waals surface area contributed by atoms with Crippen LogP contribution in [0.15, 0.2) is 0 Å². The number of unbranched alkanes of at least 4 members (excludes halogenated alkanes) is 1. The molecule has 0 aliphatic rings. The van der Waals surface area contributed by atoms with Crippen LogP contribution < -0.4 is 0 Å². The van der Waals surface area contributed by atoms with Gasteiger partial charge in [0.1, 0.15) is 0 Å². The van der Waals surface area contributed by atoms with Crippen molar-refractivity contribution in [3.8, 4) is 12.3 Å². The van der Waals surface area contributed by atoms with Crippen LogP contribution in [0.25, 0.3) is 0 Å². The maximum Gasteiger partial charge on any atom is 0.298 e. The van der Waals surface area contributed by atoms with E-state index in [0.29, 0.717) is 13.1 Å². The summed E-state index contributed by atoms with van der Waals surface area (Å²) < 4.78 is 0. The zero-order valence-electron chi connectivity index (χ0n) is 7.42. The molecule has 0 aliphatic heterocycles. The Kier molecular flexibility index (Phi) is 6.12. The lowest BCUT2D eigenvalue weighted by atomic mass is 10.3. The van der Waals surface area contributed by atoms with Crippen LogP contribution in [0.2, 0.25) is 0 Å². The van der Waals surface area contributed by atoms with E-state index in [4.69, 9.17) is 11.5 Å². The molecule has 0 heterocycles. The van der Waals surface area contributed by atoms with Crippen molar-refractivity contribution >= 4 is 5.91 Å². The minimum atomic E-state index is -0.336. The molecule has 0 spiro atoms. The number of rotatable bonds is 5. The van der Waals surface area contributed by atoms with Gasteiger partial charge in [0, 0.05) is 13.1 Å². The minimum absolute atomic E-state index is 0.0306. The number of hydrogen-bond donors (Lipinski definition) is 1. The van der Waals surface area contributed by atoms with Crippen LogP contribution in [-0.2, 0) is 4.79 Å². The van der Waals surface area contributed by atoms with E-state index >= 15 is 0 Å². The van der Waals surface area contributed by atoms with Crippen molar-refractivity contribution in [3.63, 3.8) is 0 Å². The van der Waals surface area contributed by atoms with Gasteiger partial charge in [-0.15, -0.1) is 6.42 Å². The number of carbonyl (C=O) groups excluding carboxylic acids is 1. The first-order valence-electron chi connectivity index (χ1n) is 4.12. The van der Waals surface area contributed by atoms with Gasteiger partial charge in [-0.25, -0.2) is 0 Å². The standard InChI is InChI=1S/C9H15NO2/c1-3-5-6-10(7-8-11)9(12)4-2/h2,11H,3,5-8H2,1H3. The van der Waals surface area contributed by atoms with Crippen LogP contribution in [0.3, 0.4) is 0 Å². The van der Waals surface area contributed by atoms with Crippen LogP contribution in [0.4, 0.5) is 0 Å². The Morgan fingerprint density at radius 1 is 1.58 bits per heavy atom. The average molecular weight is 169 g/mol. The van der Waals surface area contributed by atoms with Gasteiger partial charge in [0.2, 0.25) is 0 Å². The zero-order chi connectivity index (χ0) is 9.40. The molecule has 0 saturated heterocycles. The van der Waals surface area contributed by atoms with E-state index in [0.717, 1.165) is 12.8 Å². The Morgan fingerprint density at radius 2 is 2.25 bits per heavy atom. The Morgan fingerprint density at radius 3 is 2.67 bits per heavy atom. The second-order valence-electron chi connectivity index (χ2n) is 2.51. The molecular formula is C9H15NO2. The van der Waals surface area contributed by atoms with Gasteiger partial charge in [-0.1, -0.05) is 13.3 Å². The van der Waals surface area contributed by atoms with Crippen LogP contribution in [0.1, 0.15) is 19.8 Å². The van der Waals surface area contributed by atoms with Gasteiger partial charge < -0.3 is 10.0 Å². The summed E-state index contributed by atoms with van der Waals surface area (Å²) in [4.78, 5) is 12.5. The Labute approximate surface area is 73.4 Å². The Bertz CT molecular complexity index is 172. The second kappa shape index (κ2) is 6.68. The van der Waals surface area contributed by atoms with E-state index in [2.05, 4.69) is 0 Å². The first-order valence-corrected chi connectivity index (χ1v) is 4.12. The SMILES string of the molecule is C#CC(=O)N(CCO)CCCC. The summed E-state index contributed by atoms with van der Waals surface area (Å²) in [6.07, 6.45) is 6.89. The smallest absolute Gasteiger partial charge is 0.298 e. The number of terminal acetylenes is 1. The molecule has 0 atom stereocenters. The van der Waals surface area contributed by atoms with E-state index in [1.54, 1.807) is 0 Å². The normalized spacial score (nSPS) is 9.08. The molecule has 0 rings (SSSR count). The molecule has 1 amide bonds. The molecule has 0 aromatic carbocycles. The lowest BCUT2D eigenvalue weighted by Crippen LogP contribution is -2.33. The third-order valence-electron chi connectivity index (χ3n) is 1.56. The monoisotopic (exact) mass is 169 g/mol. The maximum atomic E-state index is 11.0. The van der Waals surface area contributed by atoms with E-state index in [1.807, 2.05) is 12.8 Å². The summed E-state index contributed by atoms with van der Waals surface area (Å²) in [7, 11) is 0. The average Bonchev–Trinajstić information content (AvgIpc) is 2.11. The minimum Gasteiger partial charge on any atom is -0.395 e. The highest BCUT2D eigenvalue weighted by molar-refractivity contribution is 5.92. The molecule has 0 bridgehead atoms. The van der Waals surface area contributed by atoms with Crippen molar-refractivity contribution in [2.45, 2.75) is 19.8 Å². The molecule has 3 heteroatoms. The third kappa shape index (κ3) is 3.99. The second-order valence-corrected chi connectivity index (χ2v) is 2.51. The van der Waals surface area contributed by atoms with Crippen molar-refractivity contribution in [2.24, 2.45) is 0 Å². The molecular weight excluding hydrogens is 154 g/mol. The Balaban J connectivity index is 3.87. The first kappa shape index (κ1) is 11.0. The van der Waals surface area contributed by atoms with Crippen molar-refractivity contribution in [1.29, 1.82) is 0 Å². The van der Waals surface area contributed by atoms with Crippen molar-refractivity contribution in [2.75, 3.05) is 19.7 Å². The van der Waals surface area contributed by atoms with E-state index < -0.39 is 0 Å². The number of aliphatic hydroxyl groups excluding tert-OH is 1. The largest absolute Gasteiger partial charge is 0.395 e. The highest BCUT2D eigenvalue weighted by atomic mass is 16.3. The van der Waals surface area contributed by atoms with E-state index in [1.165, 1.54) is 4.90 Å². The quantitative estimate of drug-likeness (QED) is 0.599. The number of amides is 1. The van der Waals surface area contributed by atoms with Gasteiger partial charge in [-0.2, -0.15) is 0 Å². The zero-order valence-corrected chi connectivity index (χ0v) is 7.42. The van der Waals surface area contributed by atoms with Gasteiger partial charge in [0.25, 0.3) is 5.91 Å². The summed E-state index contributed by atoms with van der Waals surface area (Å²) in [5.74, 6) is 1.70. The molecule has 3 nitrogen and oxygen atoms in total. The molecule has 0 unspecified atom stereocenters. The molecule has 0 fully saturated rings. The predicted octanol–water partition coefficient (Wildman–Crippen LogP) is 0.241. The van der Waals surface area contributed by atoms with Gasteiger partial charge >= 0.3 is 0 Å².